The molecule has 14 heavy (non-hydrogen) atoms. The Balaban J connectivity index is 2.32. The summed E-state index contributed by atoms with van der Waals surface area (Å²) in [6.07, 6.45) is 1.37. The van der Waals surface area contributed by atoms with E-state index in [1.807, 2.05) is 7.05 Å². The molecule has 0 saturated heterocycles. The molecule has 0 aliphatic heterocycles. The Kier molecular flexibility index (Phi) is 5.15. The second kappa shape index (κ2) is 6.17. The average Bonchev–Trinajstić information content (AvgIpc) is 2.64. The maximum absolute atomic E-state index is 5.59. The van der Waals surface area contributed by atoms with Gasteiger partial charge in [0.2, 0.25) is 0 Å². The van der Waals surface area contributed by atoms with Gasteiger partial charge in [-0.25, -0.2) is 0 Å². The molecule has 2 nitrogen and oxygen atoms in total. The van der Waals surface area contributed by atoms with Crippen LogP contribution >= 0.6 is 11.3 Å². The first-order valence-corrected chi connectivity index (χ1v) is 5.91. The molecular weight excluding hydrogens is 194 g/mol. The highest BCUT2D eigenvalue weighted by molar-refractivity contribution is 7.09. The lowest BCUT2D eigenvalue weighted by molar-refractivity contribution is 0.0629. The van der Waals surface area contributed by atoms with Crippen LogP contribution in [0.4, 0.5) is 0 Å². The van der Waals surface area contributed by atoms with Gasteiger partial charge in [0, 0.05) is 10.9 Å². The molecule has 0 fully saturated rings. The van der Waals surface area contributed by atoms with Crippen LogP contribution in [0.5, 0.6) is 0 Å². The highest BCUT2D eigenvalue weighted by Crippen LogP contribution is 2.11. The SMILES string of the molecule is CNC(COC(C)C)Cc1cccs1. The summed E-state index contributed by atoms with van der Waals surface area (Å²) in [6.45, 7) is 4.92. The smallest absolute Gasteiger partial charge is 0.0626 e. The molecule has 1 N–H and O–H groups in total. The van der Waals surface area contributed by atoms with Crippen molar-refractivity contribution in [3.05, 3.63) is 22.4 Å². The maximum Gasteiger partial charge on any atom is 0.0626 e. The van der Waals surface area contributed by atoms with Gasteiger partial charge in [0.15, 0.2) is 0 Å². The highest BCUT2D eigenvalue weighted by atomic mass is 32.1. The Labute approximate surface area is 90.3 Å². The molecule has 1 atom stereocenters. The molecule has 0 aliphatic carbocycles. The van der Waals surface area contributed by atoms with Gasteiger partial charge in [0.1, 0.15) is 0 Å². The largest absolute Gasteiger partial charge is 0.377 e. The summed E-state index contributed by atoms with van der Waals surface area (Å²) in [7, 11) is 1.99. The predicted octanol–water partition coefficient (Wildman–Crippen LogP) is 2.30. The van der Waals surface area contributed by atoms with Gasteiger partial charge in [-0.3, -0.25) is 0 Å². The van der Waals surface area contributed by atoms with Crippen molar-refractivity contribution in [1.82, 2.24) is 5.32 Å². The van der Waals surface area contributed by atoms with E-state index in [4.69, 9.17) is 4.74 Å². The van der Waals surface area contributed by atoms with E-state index in [9.17, 15) is 0 Å². The Morgan fingerprint density at radius 2 is 2.29 bits per heavy atom. The fraction of sp³-hybridized carbons (Fsp3) is 0.636. The summed E-state index contributed by atoms with van der Waals surface area (Å²) < 4.78 is 5.59. The van der Waals surface area contributed by atoms with Crippen LogP contribution in [-0.4, -0.2) is 25.8 Å². The number of nitrogens with one attached hydrogen (secondary N) is 1. The number of hydrogen-bond donors (Lipinski definition) is 1. The zero-order valence-corrected chi connectivity index (χ0v) is 9.93. The van der Waals surface area contributed by atoms with Crippen LogP contribution in [0.25, 0.3) is 0 Å². The molecule has 3 heteroatoms. The van der Waals surface area contributed by atoms with Crippen LogP contribution in [0.2, 0.25) is 0 Å². The Bertz CT molecular complexity index is 233. The number of ether oxygens (including phenoxy) is 1. The lowest BCUT2D eigenvalue weighted by Gasteiger charge is -2.17. The molecule has 1 aromatic rings. The molecule has 0 saturated carbocycles. The third kappa shape index (κ3) is 4.22. The molecular formula is C11H19NOS. The Morgan fingerprint density at radius 1 is 1.50 bits per heavy atom. The third-order valence-corrected chi connectivity index (χ3v) is 2.97. The van der Waals surface area contributed by atoms with Crippen molar-refractivity contribution in [2.45, 2.75) is 32.4 Å². The van der Waals surface area contributed by atoms with Gasteiger partial charge in [-0.1, -0.05) is 6.07 Å². The minimum Gasteiger partial charge on any atom is -0.377 e. The van der Waals surface area contributed by atoms with E-state index in [0.29, 0.717) is 12.1 Å². The molecule has 1 rings (SSSR count). The molecule has 0 radical (unpaired) electrons. The summed E-state index contributed by atoms with van der Waals surface area (Å²) in [5.41, 5.74) is 0. The van der Waals surface area contributed by atoms with Crippen molar-refractivity contribution in [2.75, 3.05) is 13.7 Å². The second-order valence-corrected chi connectivity index (χ2v) is 4.68. The highest BCUT2D eigenvalue weighted by Gasteiger charge is 2.08. The topological polar surface area (TPSA) is 21.3 Å². The summed E-state index contributed by atoms with van der Waals surface area (Å²) >= 11 is 1.81. The van der Waals surface area contributed by atoms with E-state index >= 15 is 0 Å². The summed E-state index contributed by atoms with van der Waals surface area (Å²) in [5, 5.41) is 5.39. The van der Waals surface area contributed by atoms with Crippen LogP contribution in [0.1, 0.15) is 18.7 Å². The van der Waals surface area contributed by atoms with Crippen molar-refractivity contribution in [3.8, 4) is 0 Å². The first-order valence-electron chi connectivity index (χ1n) is 5.03. The summed E-state index contributed by atoms with van der Waals surface area (Å²) in [5.74, 6) is 0. The lowest BCUT2D eigenvalue weighted by Crippen LogP contribution is -2.33. The minimum absolute atomic E-state index is 0.314. The van der Waals surface area contributed by atoms with E-state index in [2.05, 4.69) is 36.7 Å². The predicted molar refractivity (Wildman–Crippen MR) is 62.0 cm³/mol. The third-order valence-electron chi connectivity index (χ3n) is 2.07. The molecule has 1 heterocycles. The van der Waals surface area contributed by atoms with Crippen LogP contribution in [0.3, 0.4) is 0 Å². The zero-order valence-electron chi connectivity index (χ0n) is 9.12. The normalized spacial score (nSPS) is 13.4. The standard InChI is InChI=1S/C11H19NOS/c1-9(2)13-8-10(12-3)7-11-5-4-6-14-11/h4-6,9-10,12H,7-8H2,1-3H3. The van der Waals surface area contributed by atoms with Crippen molar-refractivity contribution >= 4 is 11.3 Å². The first-order chi connectivity index (χ1) is 6.72. The van der Waals surface area contributed by atoms with E-state index in [1.54, 1.807) is 11.3 Å². The van der Waals surface area contributed by atoms with Crippen molar-refractivity contribution < 1.29 is 4.74 Å². The lowest BCUT2D eigenvalue weighted by atomic mass is 10.2. The van der Waals surface area contributed by atoms with Crippen LogP contribution in [-0.2, 0) is 11.2 Å². The quantitative estimate of drug-likeness (QED) is 0.783. The van der Waals surface area contributed by atoms with Gasteiger partial charge in [-0.2, -0.15) is 0 Å². The maximum atomic E-state index is 5.59. The van der Waals surface area contributed by atoms with Gasteiger partial charge in [0.05, 0.1) is 12.7 Å². The molecule has 0 aromatic carbocycles. The fourth-order valence-corrected chi connectivity index (χ4v) is 2.01. The van der Waals surface area contributed by atoms with E-state index in [0.717, 1.165) is 13.0 Å². The van der Waals surface area contributed by atoms with Crippen molar-refractivity contribution in [3.63, 3.8) is 0 Å². The van der Waals surface area contributed by atoms with Gasteiger partial charge >= 0.3 is 0 Å². The molecule has 0 spiro atoms. The van der Waals surface area contributed by atoms with Crippen molar-refractivity contribution in [2.24, 2.45) is 0 Å². The molecule has 1 aromatic heterocycles. The average molecular weight is 213 g/mol. The number of rotatable bonds is 6. The number of likely N-dealkylation sites (N-methyl/N-ethyl adjacent to an activating group) is 1. The fourth-order valence-electron chi connectivity index (χ4n) is 1.22. The van der Waals surface area contributed by atoms with Crippen molar-refractivity contribution in [1.29, 1.82) is 0 Å². The molecule has 1 unspecified atom stereocenters. The second-order valence-electron chi connectivity index (χ2n) is 3.65. The number of hydrogen-bond acceptors (Lipinski definition) is 3. The Hall–Kier alpha value is -0.380. The number of thiophene rings is 1. The van der Waals surface area contributed by atoms with Crippen LogP contribution in [0.15, 0.2) is 17.5 Å². The monoisotopic (exact) mass is 213 g/mol. The van der Waals surface area contributed by atoms with Gasteiger partial charge < -0.3 is 10.1 Å². The van der Waals surface area contributed by atoms with Gasteiger partial charge in [-0.05, 0) is 38.8 Å². The van der Waals surface area contributed by atoms with E-state index < -0.39 is 0 Å². The van der Waals surface area contributed by atoms with Gasteiger partial charge in [0.25, 0.3) is 0 Å². The zero-order chi connectivity index (χ0) is 10.4. The molecule has 0 aliphatic rings. The minimum atomic E-state index is 0.314. The van der Waals surface area contributed by atoms with Gasteiger partial charge in [-0.15, -0.1) is 11.3 Å². The van der Waals surface area contributed by atoms with Crippen LogP contribution < -0.4 is 5.32 Å². The van der Waals surface area contributed by atoms with Crippen LogP contribution in [0, 0.1) is 0 Å². The first kappa shape index (κ1) is 11.7. The van der Waals surface area contributed by atoms with E-state index in [-0.39, 0.29) is 0 Å². The Morgan fingerprint density at radius 3 is 2.79 bits per heavy atom. The van der Waals surface area contributed by atoms with E-state index in [1.165, 1.54) is 4.88 Å². The molecule has 80 valence electrons. The summed E-state index contributed by atoms with van der Waals surface area (Å²) in [4.78, 5) is 1.41. The molecule has 0 bridgehead atoms. The summed E-state index contributed by atoms with van der Waals surface area (Å²) in [6, 6.07) is 4.69. The molecule has 0 amide bonds.